The molecule has 1 aromatic rings. The van der Waals surface area contributed by atoms with Gasteiger partial charge in [-0.1, -0.05) is 18.2 Å². The summed E-state index contributed by atoms with van der Waals surface area (Å²) in [5, 5.41) is 18.0. The molecule has 2 amide bonds. The molecule has 0 unspecified atom stereocenters. The summed E-state index contributed by atoms with van der Waals surface area (Å²) in [6.07, 6.45) is 2.06. The Morgan fingerprint density at radius 3 is 2.33 bits per heavy atom. The molecule has 1 aromatic carbocycles. The lowest BCUT2D eigenvalue weighted by molar-refractivity contribution is -0.149. The van der Waals surface area contributed by atoms with Gasteiger partial charge in [0, 0.05) is 12.6 Å². The van der Waals surface area contributed by atoms with E-state index in [1.54, 1.807) is 0 Å². The van der Waals surface area contributed by atoms with E-state index in [1.807, 2.05) is 0 Å². The largest absolute Gasteiger partial charge is 0.481 e. The quantitative estimate of drug-likeness (QED) is 0.290. The third-order valence-electron chi connectivity index (χ3n) is 5.00. The van der Waals surface area contributed by atoms with Crippen molar-refractivity contribution in [1.29, 1.82) is 0 Å². The SMILES string of the molecule is O=C(O)Cc1ccc(/C=C/C(=O)N2CC[C@@H]3[C@H]2C(=O)N3S(=O)(=O)O)cc1CC(=O)O. The number of amides is 2. The van der Waals surface area contributed by atoms with E-state index in [9.17, 15) is 27.6 Å². The fourth-order valence-electron chi connectivity index (χ4n) is 3.74. The van der Waals surface area contributed by atoms with Gasteiger partial charge in [0.15, 0.2) is 0 Å². The van der Waals surface area contributed by atoms with Crippen molar-refractivity contribution in [3.8, 4) is 0 Å². The van der Waals surface area contributed by atoms with E-state index >= 15 is 0 Å². The first-order valence-corrected chi connectivity index (χ1v) is 10.2. The van der Waals surface area contributed by atoms with Gasteiger partial charge in [-0.3, -0.25) is 23.7 Å². The van der Waals surface area contributed by atoms with Gasteiger partial charge in [-0.15, -0.1) is 0 Å². The van der Waals surface area contributed by atoms with Crippen LogP contribution in [0.5, 0.6) is 0 Å². The number of aliphatic carboxylic acids is 2. The Kier molecular flexibility index (Phi) is 5.63. The molecule has 3 N–H and O–H groups in total. The fourth-order valence-corrected chi connectivity index (χ4v) is 4.64. The molecular weight excluding hydrogens is 420 g/mol. The molecule has 2 aliphatic heterocycles. The number of hydrogen-bond acceptors (Lipinski definition) is 6. The van der Waals surface area contributed by atoms with Crippen molar-refractivity contribution in [2.75, 3.05) is 6.54 Å². The van der Waals surface area contributed by atoms with E-state index in [0.717, 1.165) is 0 Å². The lowest BCUT2D eigenvalue weighted by Crippen LogP contribution is -2.68. The number of benzene rings is 1. The van der Waals surface area contributed by atoms with Crippen LogP contribution in [0.25, 0.3) is 6.08 Å². The van der Waals surface area contributed by atoms with Crippen molar-refractivity contribution in [2.24, 2.45) is 0 Å². The number of nitrogens with zero attached hydrogens (tertiary/aromatic N) is 2. The van der Waals surface area contributed by atoms with Crippen LogP contribution in [-0.2, 0) is 42.3 Å². The standard InChI is InChI=1S/C18H18N2O9S/c21-14(19-6-5-13-17(19)18(26)20(13)30(27,28)29)4-2-10-1-3-11(8-15(22)23)12(7-10)9-16(24)25/h1-4,7,13,17H,5-6,8-9H2,(H,22,23)(H,24,25)(H,27,28,29)/b4-2+/t13-,17+/m1/s1. The van der Waals surface area contributed by atoms with E-state index in [4.69, 9.17) is 14.8 Å². The van der Waals surface area contributed by atoms with Crippen LogP contribution >= 0.6 is 0 Å². The summed E-state index contributed by atoms with van der Waals surface area (Å²) in [7, 11) is -4.66. The molecule has 2 atom stereocenters. The van der Waals surface area contributed by atoms with Gasteiger partial charge < -0.3 is 15.1 Å². The van der Waals surface area contributed by atoms with Crippen LogP contribution in [-0.4, -0.2) is 74.8 Å². The molecule has 0 aliphatic carbocycles. The molecule has 30 heavy (non-hydrogen) atoms. The molecule has 11 nitrogen and oxygen atoms in total. The summed E-state index contributed by atoms with van der Waals surface area (Å²) in [5.74, 6) is -3.65. The maximum absolute atomic E-state index is 12.5. The van der Waals surface area contributed by atoms with Crippen LogP contribution < -0.4 is 0 Å². The second-order valence-electron chi connectivity index (χ2n) is 6.95. The van der Waals surface area contributed by atoms with Gasteiger partial charge in [0.2, 0.25) is 5.91 Å². The van der Waals surface area contributed by atoms with Crippen LogP contribution in [0.4, 0.5) is 0 Å². The molecule has 2 fully saturated rings. The van der Waals surface area contributed by atoms with Gasteiger partial charge in [0.25, 0.3) is 5.91 Å². The minimum atomic E-state index is -4.66. The predicted octanol–water partition coefficient (Wildman–Crippen LogP) is -0.431. The number of hydrogen-bond donors (Lipinski definition) is 3. The first-order chi connectivity index (χ1) is 14.0. The van der Waals surface area contributed by atoms with Gasteiger partial charge in [-0.25, -0.2) is 4.31 Å². The Balaban J connectivity index is 1.75. The van der Waals surface area contributed by atoms with Crippen molar-refractivity contribution >= 4 is 40.1 Å². The summed E-state index contributed by atoms with van der Waals surface area (Å²) in [4.78, 5) is 47.7. The lowest BCUT2D eigenvalue weighted by Gasteiger charge is -2.42. The van der Waals surface area contributed by atoms with E-state index in [0.29, 0.717) is 21.0 Å². The number of carboxylic acids is 2. The minimum absolute atomic E-state index is 0.137. The third-order valence-corrected chi connectivity index (χ3v) is 5.95. The van der Waals surface area contributed by atoms with E-state index in [-0.39, 0.29) is 25.8 Å². The summed E-state index contributed by atoms with van der Waals surface area (Å²) in [6.45, 7) is 0.137. The normalized spacial score (nSPS) is 20.9. The Hall–Kier alpha value is -3.25. The second-order valence-corrected chi connectivity index (χ2v) is 8.24. The van der Waals surface area contributed by atoms with Gasteiger partial charge in [0.1, 0.15) is 6.04 Å². The zero-order valence-corrected chi connectivity index (χ0v) is 16.3. The number of carbonyl (C=O) groups excluding carboxylic acids is 2. The van der Waals surface area contributed by atoms with E-state index in [1.165, 1.54) is 35.3 Å². The second kappa shape index (κ2) is 7.88. The van der Waals surface area contributed by atoms with Crippen LogP contribution in [0.2, 0.25) is 0 Å². The molecule has 3 rings (SSSR count). The summed E-state index contributed by atoms with van der Waals surface area (Å²) >= 11 is 0. The Morgan fingerprint density at radius 1 is 1.10 bits per heavy atom. The first-order valence-electron chi connectivity index (χ1n) is 8.84. The third kappa shape index (κ3) is 4.19. The Labute approximate surface area is 171 Å². The molecule has 2 heterocycles. The molecule has 2 aliphatic rings. The van der Waals surface area contributed by atoms with Gasteiger partial charge in [0.05, 0.1) is 18.9 Å². The molecule has 0 spiro atoms. The Morgan fingerprint density at radius 2 is 1.73 bits per heavy atom. The average Bonchev–Trinajstić information content (AvgIpc) is 2.98. The zero-order valence-electron chi connectivity index (χ0n) is 15.5. The predicted molar refractivity (Wildman–Crippen MR) is 100 cm³/mol. The van der Waals surface area contributed by atoms with Crippen LogP contribution in [0.3, 0.4) is 0 Å². The van der Waals surface area contributed by atoms with Gasteiger partial charge >= 0.3 is 22.2 Å². The molecular formula is C18H18N2O9S. The average molecular weight is 438 g/mol. The van der Waals surface area contributed by atoms with Gasteiger partial charge in [-0.2, -0.15) is 8.42 Å². The topological polar surface area (TPSA) is 170 Å². The smallest absolute Gasteiger partial charge is 0.362 e. The number of carbonyl (C=O) groups is 4. The summed E-state index contributed by atoms with van der Waals surface area (Å²) < 4.78 is 31.9. The fraction of sp³-hybridized carbons (Fsp3) is 0.333. The van der Waals surface area contributed by atoms with Crippen LogP contribution in [0.15, 0.2) is 24.3 Å². The number of fused-ring (bicyclic) bond motifs is 1. The van der Waals surface area contributed by atoms with E-state index in [2.05, 4.69) is 0 Å². The number of carboxylic acid groups (broad SMARTS) is 2. The Bertz CT molecular complexity index is 1060. The van der Waals surface area contributed by atoms with Crippen LogP contribution in [0.1, 0.15) is 23.1 Å². The molecule has 0 aromatic heterocycles. The van der Waals surface area contributed by atoms with Crippen molar-refractivity contribution in [3.05, 3.63) is 41.0 Å². The summed E-state index contributed by atoms with van der Waals surface area (Å²) in [6, 6.07) is 2.74. The van der Waals surface area contributed by atoms with Crippen LogP contribution in [0, 0.1) is 0 Å². The highest BCUT2D eigenvalue weighted by molar-refractivity contribution is 7.84. The maximum atomic E-state index is 12.5. The minimum Gasteiger partial charge on any atom is -0.481 e. The monoisotopic (exact) mass is 438 g/mol. The lowest BCUT2D eigenvalue weighted by atomic mass is 9.98. The van der Waals surface area contributed by atoms with Crippen molar-refractivity contribution in [1.82, 2.24) is 9.21 Å². The summed E-state index contributed by atoms with van der Waals surface area (Å²) in [5.41, 5.74) is 1.11. The zero-order chi connectivity index (χ0) is 22.2. The molecule has 12 heteroatoms. The number of rotatable bonds is 7. The molecule has 0 bridgehead atoms. The van der Waals surface area contributed by atoms with Gasteiger partial charge in [-0.05, 0) is 29.2 Å². The first kappa shape index (κ1) is 21.5. The van der Waals surface area contributed by atoms with Crippen molar-refractivity contribution in [2.45, 2.75) is 31.3 Å². The highest BCUT2D eigenvalue weighted by atomic mass is 32.2. The molecule has 0 saturated carbocycles. The maximum Gasteiger partial charge on any atom is 0.362 e. The number of β-lactam (4-membered cyclic amide) rings is 1. The highest BCUT2D eigenvalue weighted by Gasteiger charge is 2.59. The van der Waals surface area contributed by atoms with Crippen molar-refractivity contribution < 1.29 is 42.4 Å². The highest BCUT2D eigenvalue weighted by Crippen LogP contribution is 2.35. The van der Waals surface area contributed by atoms with Crippen molar-refractivity contribution in [3.63, 3.8) is 0 Å². The molecule has 160 valence electrons. The molecule has 0 radical (unpaired) electrons. The van der Waals surface area contributed by atoms with E-state index < -0.39 is 46.1 Å². The number of likely N-dealkylation sites (tertiary alicyclic amines) is 1. The molecule has 2 saturated heterocycles.